The van der Waals surface area contributed by atoms with Gasteiger partial charge in [-0.3, -0.25) is 19.2 Å². The number of H-pyrrole nitrogens is 1. The van der Waals surface area contributed by atoms with Gasteiger partial charge in [-0.15, -0.1) is 0 Å². The molecule has 0 saturated heterocycles. The smallest absolute Gasteiger partial charge is 0.326 e. The fraction of sp³-hybridized carbons (Fsp3) is 0.467. The minimum Gasteiger partial charge on any atom is -0.481 e. The molecule has 13 nitrogen and oxygen atoms in total. The van der Waals surface area contributed by atoms with Gasteiger partial charge in [0.15, 0.2) is 0 Å². The molecule has 0 aromatic carbocycles. The number of nitrogens with zero attached hydrogens (tertiary/aromatic N) is 1. The molecule has 13 heteroatoms. The number of imidazole rings is 1. The summed E-state index contributed by atoms with van der Waals surface area (Å²) in [6, 6.07) is -4.22. The van der Waals surface area contributed by atoms with Gasteiger partial charge in [0.1, 0.15) is 12.1 Å². The minimum absolute atomic E-state index is 0.133. The summed E-state index contributed by atoms with van der Waals surface area (Å²) in [5.74, 6) is -5.81. The molecule has 1 aromatic heterocycles. The topological polar surface area (TPSA) is 225 Å². The third-order valence-corrected chi connectivity index (χ3v) is 3.59. The molecule has 3 atom stereocenters. The average molecular weight is 399 g/mol. The Hall–Kier alpha value is -3.48. The highest BCUT2D eigenvalue weighted by Crippen LogP contribution is 2.04. The Morgan fingerprint density at radius 1 is 1.04 bits per heavy atom. The van der Waals surface area contributed by atoms with Gasteiger partial charge in [-0.1, -0.05) is 0 Å². The van der Waals surface area contributed by atoms with Gasteiger partial charge >= 0.3 is 17.9 Å². The molecule has 28 heavy (non-hydrogen) atoms. The van der Waals surface area contributed by atoms with Crippen molar-refractivity contribution in [3.05, 3.63) is 18.2 Å². The second kappa shape index (κ2) is 10.6. The van der Waals surface area contributed by atoms with Crippen molar-refractivity contribution < 1.29 is 39.3 Å². The highest BCUT2D eigenvalue weighted by molar-refractivity contribution is 5.93. The molecule has 0 spiro atoms. The van der Waals surface area contributed by atoms with Crippen molar-refractivity contribution in [3.63, 3.8) is 0 Å². The minimum atomic E-state index is -1.49. The summed E-state index contributed by atoms with van der Waals surface area (Å²) < 4.78 is 0. The Morgan fingerprint density at radius 2 is 1.68 bits per heavy atom. The third-order valence-electron chi connectivity index (χ3n) is 3.59. The van der Waals surface area contributed by atoms with Gasteiger partial charge in [0, 0.05) is 19.0 Å². The first-order chi connectivity index (χ1) is 13.1. The van der Waals surface area contributed by atoms with E-state index >= 15 is 0 Å². The number of rotatable bonds is 12. The molecule has 1 aromatic rings. The molecule has 8 N–H and O–H groups in total. The quantitative estimate of drug-likeness (QED) is 0.198. The summed E-state index contributed by atoms with van der Waals surface area (Å²) in [6.45, 7) is 0. The molecular formula is C15H21N5O8. The van der Waals surface area contributed by atoms with Crippen LogP contribution in [-0.4, -0.2) is 73.1 Å². The van der Waals surface area contributed by atoms with E-state index in [-0.39, 0.29) is 12.8 Å². The van der Waals surface area contributed by atoms with Crippen LogP contribution in [0.15, 0.2) is 12.5 Å². The summed E-state index contributed by atoms with van der Waals surface area (Å²) in [6.07, 6.45) is 1.12. The first-order valence-electron chi connectivity index (χ1n) is 8.10. The zero-order chi connectivity index (χ0) is 21.3. The van der Waals surface area contributed by atoms with Gasteiger partial charge in [-0.2, -0.15) is 0 Å². The maximum atomic E-state index is 12.5. The second-order valence-electron chi connectivity index (χ2n) is 5.86. The molecule has 154 valence electrons. The van der Waals surface area contributed by atoms with E-state index in [0.29, 0.717) is 5.69 Å². The normalized spacial score (nSPS) is 13.8. The fourth-order valence-electron chi connectivity index (χ4n) is 2.18. The monoisotopic (exact) mass is 399 g/mol. The molecular weight excluding hydrogens is 378 g/mol. The summed E-state index contributed by atoms with van der Waals surface area (Å²) in [4.78, 5) is 63.6. The maximum Gasteiger partial charge on any atom is 0.326 e. The molecule has 0 radical (unpaired) electrons. The van der Waals surface area contributed by atoms with Gasteiger partial charge in [0.05, 0.1) is 24.5 Å². The van der Waals surface area contributed by atoms with E-state index in [0.717, 1.165) is 0 Å². The van der Waals surface area contributed by atoms with Crippen molar-refractivity contribution in [3.8, 4) is 0 Å². The van der Waals surface area contributed by atoms with E-state index in [1.165, 1.54) is 12.5 Å². The van der Waals surface area contributed by atoms with Gasteiger partial charge in [-0.05, 0) is 6.42 Å². The standard InChI is InChI=1S/C15H21N5O8/c16-8(4-12(23)24)13(25)20-10(3-7-5-17-6-18-7)14(26)19-9(15(27)28)1-2-11(21)22/h5-6,8-10H,1-4,16H2,(H,17,18)(H,19,26)(H,20,25)(H,21,22)(H,23,24)(H,27,28)/t8-,9-,10-/m0/s1. The highest BCUT2D eigenvalue weighted by Gasteiger charge is 2.29. The van der Waals surface area contributed by atoms with Crippen molar-refractivity contribution in [1.82, 2.24) is 20.6 Å². The molecule has 0 fully saturated rings. The average Bonchev–Trinajstić information content (AvgIpc) is 3.09. The van der Waals surface area contributed by atoms with Crippen molar-refractivity contribution in [1.29, 1.82) is 0 Å². The van der Waals surface area contributed by atoms with E-state index in [9.17, 15) is 24.0 Å². The van der Waals surface area contributed by atoms with Crippen molar-refractivity contribution in [2.24, 2.45) is 5.73 Å². The number of carboxylic acids is 3. The molecule has 1 rings (SSSR count). The molecule has 1 heterocycles. The first kappa shape index (κ1) is 22.6. The maximum absolute atomic E-state index is 12.5. The largest absolute Gasteiger partial charge is 0.481 e. The van der Waals surface area contributed by atoms with E-state index < -0.39 is 60.7 Å². The zero-order valence-corrected chi connectivity index (χ0v) is 14.6. The van der Waals surface area contributed by atoms with E-state index in [1.807, 2.05) is 0 Å². The van der Waals surface area contributed by atoms with Crippen molar-refractivity contribution >= 4 is 29.7 Å². The summed E-state index contributed by atoms with van der Waals surface area (Å²) in [5, 5.41) is 30.9. The first-order valence-corrected chi connectivity index (χ1v) is 8.10. The number of aliphatic carboxylic acids is 3. The number of hydrogen-bond acceptors (Lipinski definition) is 7. The number of carbonyl (C=O) groups is 5. The van der Waals surface area contributed by atoms with Crippen LogP contribution in [0.1, 0.15) is 25.0 Å². The molecule has 0 aliphatic carbocycles. The Bertz CT molecular complexity index is 720. The van der Waals surface area contributed by atoms with Crippen LogP contribution in [0.25, 0.3) is 0 Å². The van der Waals surface area contributed by atoms with Crippen molar-refractivity contribution in [2.45, 2.75) is 43.8 Å². The number of amides is 2. The van der Waals surface area contributed by atoms with Crippen LogP contribution in [0.3, 0.4) is 0 Å². The van der Waals surface area contributed by atoms with Gasteiger partial charge in [0.25, 0.3) is 0 Å². The summed E-state index contributed by atoms with van der Waals surface area (Å²) in [5.41, 5.74) is 5.83. The summed E-state index contributed by atoms with van der Waals surface area (Å²) >= 11 is 0. The number of carbonyl (C=O) groups excluding carboxylic acids is 2. The molecule has 0 saturated carbocycles. The lowest BCUT2D eigenvalue weighted by molar-refractivity contribution is -0.143. The number of nitrogens with two attached hydrogens (primary N) is 1. The Morgan fingerprint density at radius 3 is 2.18 bits per heavy atom. The lowest BCUT2D eigenvalue weighted by atomic mass is 10.1. The van der Waals surface area contributed by atoms with Crippen LogP contribution < -0.4 is 16.4 Å². The number of aromatic nitrogens is 2. The second-order valence-corrected chi connectivity index (χ2v) is 5.86. The molecule has 0 aliphatic heterocycles. The molecule has 0 bridgehead atoms. The van der Waals surface area contributed by atoms with Crippen LogP contribution in [0.4, 0.5) is 0 Å². The van der Waals surface area contributed by atoms with E-state index in [1.54, 1.807) is 0 Å². The fourth-order valence-corrected chi connectivity index (χ4v) is 2.18. The van der Waals surface area contributed by atoms with E-state index in [2.05, 4.69) is 20.6 Å². The number of carboxylic acid groups (broad SMARTS) is 3. The predicted octanol–water partition coefficient (Wildman–Crippen LogP) is -2.33. The van der Waals surface area contributed by atoms with Crippen LogP contribution in [-0.2, 0) is 30.4 Å². The highest BCUT2D eigenvalue weighted by atomic mass is 16.4. The summed E-state index contributed by atoms with van der Waals surface area (Å²) in [7, 11) is 0. The molecule has 2 amide bonds. The van der Waals surface area contributed by atoms with Crippen LogP contribution in [0.2, 0.25) is 0 Å². The SMILES string of the molecule is N[C@@H](CC(=O)O)C(=O)N[C@@H](Cc1c[nH]cn1)C(=O)N[C@@H](CCC(=O)O)C(=O)O. The number of hydrogen-bond donors (Lipinski definition) is 7. The lowest BCUT2D eigenvalue weighted by Crippen LogP contribution is -2.55. The number of nitrogens with one attached hydrogen (secondary N) is 3. The zero-order valence-electron chi connectivity index (χ0n) is 14.6. The lowest BCUT2D eigenvalue weighted by Gasteiger charge is -2.22. The Kier molecular flexibility index (Phi) is 8.55. The van der Waals surface area contributed by atoms with Gasteiger partial charge in [-0.25, -0.2) is 9.78 Å². The van der Waals surface area contributed by atoms with Crippen LogP contribution in [0.5, 0.6) is 0 Å². The van der Waals surface area contributed by atoms with Gasteiger partial charge in [0.2, 0.25) is 11.8 Å². The predicted molar refractivity (Wildman–Crippen MR) is 90.9 cm³/mol. The third kappa shape index (κ3) is 7.82. The number of aromatic amines is 1. The Labute approximate surface area is 158 Å². The molecule has 0 unspecified atom stereocenters. The van der Waals surface area contributed by atoms with Crippen molar-refractivity contribution in [2.75, 3.05) is 0 Å². The van der Waals surface area contributed by atoms with Crippen LogP contribution >= 0.6 is 0 Å². The molecule has 0 aliphatic rings. The van der Waals surface area contributed by atoms with Gasteiger partial charge < -0.3 is 36.7 Å². The van der Waals surface area contributed by atoms with Crippen LogP contribution in [0, 0.1) is 0 Å². The van der Waals surface area contributed by atoms with E-state index in [4.69, 9.17) is 21.1 Å². The Balaban J connectivity index is 2.88.